The van der Waals surface area contributed by atoms with Gasteiger partial charge in [-0.15, -0.1) is 11.3 Å². The Kier molecular flexibility index (Phi) is 5.61. The number of carbonyl (C=O) groups is 2. The number of para-hydroxylation sites is 1. The van der Waals surface area contributed by atoms with E-state index in [9.17, 15) is 9.59 Å². The number of carbonyl (C=O) groups excluding carboxylic acids is 2. The van der Waals surface area contributed by atoms with Crippen molar-refractivity contribution < 1.29 is 28.3 Å². The molecule has 7 nitrogen and oxygen atoms in total. The smallest absolute Gasteiger partial charge is 0.326 e. The third kappa shape index (κ3) is 3.28. The van der Waals surface area contributed by atoms with E-state index in [0.717, 1.165) is 4.88 Å². The number of anilines is 1. The average Bonchev–Trinajstić information content (AvgIpc) is 3.52. The molecule has 1 saturated heterocycles. The minimum absolute atomic E-state index is 0.0432. The maximum Gasteiger partial charge on any atom is 0.326 e. The number of thiophene rings is 1. The molecule has 4 rings (SSSR count). The number of hydrogen-bond acceptors (Lipinski definition) is 8. The van der Waals surface area contributed by atoms with Crippen LogP contribution in [-0.4, -0.2) is 26.2 Å². The summed E-state index contributed by atoms with van der Waals surface area (Å²) in [5, 5.41) is 3.47. The highest BCUT2D eigenvalue weighted by atomic mass is 32.1. The summed E-state index contributed by atoms with van der Waals surface area (Å²) in [5.74, 6) is -1.03. The molecule has 1 aliphatic rings. The van der Waals surface area contributed by atoms with Gasteiger partial charge in [0.25, 0.3) is 0 Å². The van der Waals surface area contributed by atoms with Crippen molar-refractivity contribution in [2.75, 3.05) is 19.3 Å². The first-order chi connectivity index (χ1) is 14.6. The van der Waals surface area contributed by atoms with Gasteiger partial charge >= 0.3 is 11.9 Å². The van der Waals surface area contributed by atoms with Gasteiger partial charge in [0.2, 0.25) is 0 Å². The molecule has 0 aliphatic carbocycles. The van der Waals surface area contributed by atoms with Gasteiger partial charge in [0, 0.05) is 11.3 Å². The summed E-state index contributed by atoms with van der Waals surface area (Å²) in [4.78, 5) is 33.7. The summed E-state index contributed by atoms with van der Waals surface area (Å²) in [6.07, 6.45) is 0.972. The van der Waals surface area contributed by atoms with Gasteiger partial charge in [-0.05, 0) is 35.7 Å². The van der Waals surface area contributed by atoms with E-state index in [4.69, 9.17) is 18.7 Å². The molecular weight excluding hydrogens is 406 g/mol. The molecule has 0 N–H and O–H groups in total. The van der Waals surface area contributed by atoms with Crippen molar-refractivity contribution in [2.45, 2.75) is 18.6 Å². The van der Waals surface area contributed by atoms with E-state index in [-0.39, 0.29) is 6.42 Å². The minimum Gasteiger partial charge on any atom is -0.468 e. The van der Waals surface area contributed by atoms with Crippen LogP contribution in [0.25, 0.3) is 0 Å². The fourth-order valence-corrected chi connectivity index (χ4v) is 4.64. The second kappa shape index (κ2) is 8.33. The van der Waals surface area contributed by atoms with Crippen LogP contribution in [0.4, 0.5) is 5.69 Å². The number of nitrogens with zero attached hydrogens (tertiary/aromatic N) is 1. The first kappa shape index (κ1) is 20.2. The monoisotopic (exact) mass is 427 g/mol. The van der Waals surface area contributed by atoms with Crippen LogP contribution in [0.1, 0.15) is 29.2 Å². The highest BCUT2D eigenvalue weighted by molar-refractivity contribution is 7.10. The first-order valence-corrected chi connectivity index (χ1v) is 10.2. The Labute approximate surface area is 177 Å². The lowest BCUT2D eigenvalue weighted by Gasteiger charge is -2.47. The Balaban J connectivity index is 1.95. The largest absolute Gasteiger partial charge is 0.468 e. The Morgan fingerprint density at radius 1 is 1.03 bits per heavy atom. The second-order valence-electron chi connectivity index (χ2n) is 6.85. The number of hydrogen-bond donors (Lipinski definition) is 0. The van der Waals surface area contributed by atoms with Crippen LogP contribution < -0.4 is 5.06 Å². The lowest BCUT2D eigenvalue weighted by molar-refractivity contribution is -0.187. The van der Waals surface area contributed by atoms with Crippen LogP contribution in [0.15, 0.2) is 70.7 Å². The zero-order valence-corrected chi connectivity index (χ0v) is 17.3. The average molecular weight is 427 g/mol. The van der Waals surface area contributed by atoms with E-state index >= 15 is 0 Å². The van der Waals surface area contributed by atoms with Crippen LogP contribution >= 0.6 is 11.3 Å². The highest BCUT2D eigenvalue weighted by Gasteiger charge is 2.63. The Bertz CT molecular complexity index is 970. The van der Waals surface area contributed by atoms with E-state index in [0.29, 0.717) is 11.4 Å². The molecule has 2 aromatic heterocycles. The fourth-order valence-electron chi connectivity index (χ4n) is 3.89. The van der Waals surface area contributed by atoms with E-state index in [2.05, 4.69) is 0 Å². The van der Waals surface area contributed by atoms with Crippen molar-refractivity contribution in [3.63, 3.8) is 0 Å². The zero-order chi connectivity index (χ0) is 21.1. The Morgan fingerprint density at radius 3 is 2.33 bits per heavy atom. The van der Waals surface area contributed by atoms with E-state index in [1.165, 1.54) is 31.8 Å². The minimum atomic E-state index is -1.70. The highest BCUT2D eigenvalue weighted by Crippen LogP contribution is 2.54. The van der Waals surface area contributed by atoms with Gasteiger partial charge in [-0.1, -0.05) is 24.3 Å². The van der Waals surface area contributed by atoms with E-state index < -0.39 is 29.5 Å². The van der Waals surface area contributed by atoms with E-state index in [1.807, 2.05) is 47.8 Å². The lowest BCUT2D eigenvalue weighted by atomic mass is 9.72. The second-order valence-corrected chi connectivity index (χ2v) is 7.83. The van der Waals surface area contributed by atoms with Gasteiger partial charge in [-0.25, -0.2) is 5.06 Å². The topological polar surface area (TPSA) is 78.2 Å². The molecular formula is C22H21NO6S. The van der Waals surface area contributed by atoms with Crippen LogP contribution in [-0.2, 0) is 23.9 Å². The molecule has 1 aliphatic heterocycles. The molecule has 30 heavy (non-hydrogen) atoms. The predicted molar refractivity (Wildman–Crippen MR) is 110 cm³/mol. The Hall–Kier alpha value is -3.10. The molecule has 1 unspecified atom stereocenters. The molecule has 1 aromatic carbocycles. The molecule has 1 fully saturated rings. The molecule has 3 aromatic rings. The van der Waals surface area contributed by atoms with Gasteiger partial charge in [0.15, 0.2) is 5.41 Å². The van der Waals surface area contributed by atoms with Gasteiger partial charge in [-0.2, -0.15) is 0 Å². The fraction of sp³-hybridized carbons (Fsp3) is 0.273. The van der Waals surface area contributed by atoms with Crippen LogP contribution in [0.3, 0.4) is 0 Å². The normalized spacial score (nSPS) is 20.5. The van der Waals surface area contributed by atoms with Gasteiger partial charge in [0.1, 0.15) is 17.9 Å². The zero-order valence-electron chi connectivity index (χ0n) is 16.5. The van der Waals surface area contributed by atoms with Gasteiger partial charge < -0.3 is 13.9 Å². The summed E-state index contributed by atoms with van der Waals surface area (Å²) in [6, 6.07) is 15.5. The van der Waals surface area contributed by atoms with Gasteiger partial charge in [-0.3, -0.25) is 14.4 Å². The molecule has 0 saturated carbocycles. The predicted octanol–water partition coefficient (Wildman–Crippen LogP) is 4.30. The molecule has 3 heterocycles. The van der Waals surface area contributed by atoms with Crippen molar-refractivity contribution in [3.8, 4) is 0 Å². The maximum atomic E-state index is 13.2. The molecule has 156 valence electrons. The summed E-state index contributed by atoms with van der Waals surface area (Å²) < 4.78 is 15.9. The molecule has 0 radical (unpaired) electrons. The third-order valence-electron chi connectivity index (χ3n) is 5.23. The summed E-state index contributed by atoms with van der Waals surface area (Å²) in [6.45, 7) is 0. The molecule has 2 atom stereocenters. The molecule has 8 heteroatoms. The van der Waals surface area contributed by atoms with Crippen molar-refractivity contribution in [3.05, 3.63) is 76.9 Å². The number of furan rings is 1. The van der Waals surface area contributed by atoms with Crippen LogP contribution in [0.5, 0.6) is 0 Å². The summed E-state index contributed by atoms with van der Waals surface area (Å²) in [5.41, 5.74) is -1.04. The number of hydroxylamine groups is 1. The number of benzene rings is 1. The number of ether oxygens (including phenoxy) is 2. The van der Waals surface area contributed by atoms with Crippen LogP contribution in [0, 0.1) is 5.41 Å². The van der Waals surface area contributed by atoms with Crippen molar-refractivity contribution in [2.24, 2.45) is 5.41 Å². The van der Waals surface area contributed by atoms with E-state index in [1.54, 1.807) is 17.2 Å². The quantitative estimate of drug-likeness (QED) is 0.444. The maximum absolute atomic E-state index is 13.2. The Morgan fingerprint density at radius 2 is 1.77 bits per heavy atom. The van der Waals surface area contributed by atoms with Crippen LogP contribution in [0.2, 0.25) is 0 Å². The third-order valence-corrected chi connectivity index (χ3v) is 6.20. The standard InChI is InChI=1S/C22H21NO6S/c1-26-20(24)22(21(25)27-2)14-17(18-11-7-13-30-18)29-23(15-8-4-3-5-9-15)19(22)16-10-6-12-28-16/h3-13,17,19H,14H2,1-2H3/t17-,19?/m1/s1. The molecule has 0 amide bonds. The lowest BCUT2D eigenvalue weighted by Crippen LogP contribution is -2.56. The SMILES string of the molecule is COC(=O)C1(C(=O)OC)C[C@H](c2cccs2)ON(c2ccccc2)C1c1ccco1. The summed E-state index contributed by atoms with van der Waals surface area (Å²) in [7, 11) is 2.52. The van der Waals surface area contributed by atoms with Crippen molar-refractivity contribution >= 4 is 29.0 Å². The number of esters is 2. The number of methoxy groups -OCH3 is 2. The number of rotatable bonds is 5. The molecule has 0 bridgehead atoms. The van der Waals surface area contributed by atoms with Crippen molar-refractivity contribution in [1.29, 1.82) is 0 Å². The van der Waals surface area contributed by atoms with Gasteiger partial charge in [0.05, 0.1) is 26.2 Å². The molecule has 0 spiro atoms. The van der Waals surface area contributed by atoms with Crippen molar-refractivity contribution in [1.82, 2.24) is 0 Å². The first-order valence-electron chi connectivity index (χ1n) is 9.36. The summed E-state index contributed by atoms with van der Waals surface area (Å²) >= 11 is 1.49.